The molecule has 0 aliphatic rings. The van der Waals surface area contributed by atoms with E-state index in [0.717, 1.165) is 0 Å². The van der Waals surface area contributed by atoms with E-state index in [2.05, 4.69) is 49.1 Å². The predicted octanol–water partition coefficient (Wildman–Crippen LogP) is 4.30. The first-order valence-corrected chi connectivity index (χ1v) is 7.07. The highest BCUT2D eigenvalue weighted by molar-refractivity contribution is 9.10. The van der Waals surface area contributed by atoms with Gasteiger partial charge >= 0.3 is 0 Å². The van der Waals surface area contributed by atoms with E-state index in [4.69, 9.17) is 5.84 Å². The van der Waals surface area contributed by atoms with Crippen LogP contribution in [0.3, 0.4) is 0 Å². The number of hydrogen-bond donors (Lipinski definition) is 2. The van der Waals surface area contributed by atoms with Crippen molar-refractivity contribution >= 4 is 15.9 Å². The molecular weight excluding hydrogens is 314 g/mol. The number of hydrogen-bond acceptors (Lipinski definition) is 2. The molecule has 5 heteroatoms. The van der Waals surface area contributed by atoms with Crippen LogP contribution in [0.4, 0.5) is 8.78 Å². The van der Waals surface area contributed by atoms with Crippen LogP contribution in [-0.4, -0.2) is 0 Å². The summed E-state index contributed by atoms with van der Waals surface area (Å²) >= 11 is 3.07. The number of rotatable bonds is 4. The Morgan fingerprint density at radius 2 is 1.89 bits per heavy atom. The maximum Gasteiger partial charge on any atom is 0.145 e. The summed E-state index contributed by atoms with van der Waals surface area (Å²) in [5, 5.41) is 0. The van der Waals surface area contributed by atoms with Crippen molar-refractivity contribution in [2.24, 2.45) is 17.2 Å². The molecule has 0 amide bonds. The Balaban J connectivity index is 3.08. The van der Waals surface area contributed by atoms with Gasteiger partial charge in [0.1, 0.15) is 11.6 Å². The molecule has 0 bridgehead atoms. The Hall–Kier alpha value is -0.520. The van der Waals surface area contributed by atoms with E-state index in [1.807, 2.05) is 0 Å². The Morgan fingerprint density at radius 1 is 1.32 bits per heavy atom. The van der Waals surface area contributed by atoms with Crippen LogP contribution >= 0.6 is 15.9 Å². The third-order valence-electron chi connectivity index (χ3n) is 3.70. The van der Waals surface area contributed by atoms with Crippen LogP contribution in [0, 0.1) is 23.0 Å². The van der Waals surface area contributed by atoms with Gasteiger partial charge in [0.05, 0.1) is 10.5 Å². The SMILES string of the molecule is CC(CC(NN)c1c(F)ccc(Br)c1F)C(C)(C)C. The number of nitrogens with two attached hydrogens (primary N) is 1. The molecular formula is C14H21BrF2N2. The fraction of sp³-hybridized carbons (Fsp3) is 0.571. The summed E-state index contributed by atoms with van der Waals surface area (Å²) in [6.07, 6.45) is 0.560. The van der Waals surface area contributed by atoms with Gasteiger partial charge in [0.25, 0.3) is 0 Å². The van der Waals surface area contributed by atoms with Crippen molar-refractivity contribution < 1.29 is 8.78 Å². The summed E-state index contributed by atoms with van der Waals surface area (Å²) in [5.74, 6) is 4.57. The van der Waals surface area contributed by atoms with Gasteiger partial charge < -0.3 is 0 Å². The predicted molar refractivity (Wildman–Crippen MR) is 77.4 cm³/mol. The van der Waals surface area contributed by atoms with Gasteiger partial charge in [0.2, 0.25) is 0 Å². The lowest BCUT2D eigenvalue weighted by Crippen LogP contribution is -2.33. The molecule has 1 aromatic carbocycles. The van der Waals surface area contributed by atoms with Gasteiger partial charge in [0, 0.05) is 5.56 Å². The molecule has 0 spiro atoms. The smallest absolute Gasteiger partial charge is 0.145 e. The molecule has 0 saturated carbocycles. The fourth-order valence-corrected chi connectivity index (χ4v) is 2.18. The fourth-order valence-electron chi connectivity index (χ4n) is 1.84. The molecule has 0 heterocycles. The molecule has 1 rings (SSSR count). The average Bonchev–Trinajstić information content (AvgIpc) is 2.31. The van der Waals surface area contributed by atoms with Gasteiger partial charge in [-0.2, -0.15) is 0 Å². The molecule has 2 nitrogen and oxygen atoms in total. The summed E-state index contributed by atoms with van der Waals surface area (Å²) in [6.45, 7) is 8.34. The summed E-state index contributed by atoms with van der Waals surface area (Å²) in [6, 6.07) is 2.05. The lowest BCUT2D eigenvalue weighted by Gasteiger charge is -2.31. The summed E-state index contributed by atoms with van der Waals surface area (Å²) < 4.78 is 28.2. The van der Waals surface area contributed by atoms with E-state index in [0.29, 0.717) is 6.42 Å². The minimum atomic E-state index is -0.593. The zero-order chi connectivity index (χ0) is 14.8. The molecule has 2 atom stereocenters. The third-order valence-corrected chi connectivity index (χ3v) is 4.31. The topological polar surface area (TPSA) is 38.0 Å². The summed E-state index contributed by atoms with van der Waals surface area (Å²) in [7, 11) is 0. The minimum absolute atomic E-state index is 0.00650. The van der Waals surface area contributed by atoms with Crippen molar-refractivity contribution in [1.29, 1.82) is 0 Å². The van der Waals surface area contributed by atoms with E-state index in [-0.39, 0.29) is 21.4 Å². The standard InChI is InChI=1S/C14H21BrF2N2/c1-8(14(2,3)4)7-11(19-18)12-10(16)6-5-9(15)13(12)17/h5-6,8,11,19H,7,18H2,1-4H3. The van der Waals surface area contributed by atoms with Crippen LogP contribution in [0.5, 0.6) is 0 Å². The molecule has 108 valence electrons. The second kappa shape index (κ2) is 6.29. The Morgan fingerprint density at radius 3 is 2.37 bits per heavy atom. The normalized spacial score (nSPS) is 15.4. The van der Waals surface area contributed by atoms with Crippen molar-refractivity contribution in [3.8, 4) is 0 Å². The van der Waals surface area contributed by atoms with Crippen LogP contribution in [0.1, 0.15) is 45.7 Å². The molecule has 19 heavy (non-hydrogen) atoms. The first kappa shape index (κ1) is 16.5. The first-order chi connectivity index (χ1) is 8.68. The van der Waals surface area contributed by atoms with Gasteiger partial charge in [-0.05, 0) is 45.8 Å². The maximum atomic E-state index is 14.1. The largest absolute Gasteiger partial charge is 0.271 e. The van der Waals surface area contributed by atoms with Gasteiger partial charge in [0.15, 0.2) is 0 Å². The molecule has 0 aliphatic heterocycles. The summed E-state index contributed by atoms with van der Waals surface area (Å²) in [5.41, 5.74) is 2.57. The number of benzene rings is 1. The Bertz CT molecular complexity index is 444. The van der Waals surface area contributed by atoms with Crippen molar-refractivity contribution in [3.63, 3.8) is 0 Å². The van der Waals surface area contributed by atoms with E-state index >= 15 is 0 Å². The number of hydrazine groups is 1. The van der Waals surface area contributed by atoms with Crippen molar-refractivity contribution in [1.82, 2.24) is 5.43 Å². The molecule has 0 radical (unpaired) electrons. The lowest BCUT2D eigenvalue weighted by molar-refractivity contribution is 0.220. The molecule has 0 fully saturated rings. The Labute approximate surface area is 121 Å². The summed E-state index contributed by atoms with van der Waals surface area (Å²) in [4.78, 5) is 0. The molecule has 0 aromatic heterocycles. The zero-order valence-electron chi connectivity index (χ0n) is 11.7. The van der Waals surface area contributed by atoms with Crippen LogP contribution in [-0.2, 0) is 0 Å². The van der Waals surface area contributed by atoms with Crippen molar-refractivity contribution in [3.05, 3.63) is 33.8 Å². The van der Waals surface area contributed by atoms with Gasteiger partial charge in [-0.15, -0.1) is 0 Å². The van der Waals surface area contributed by atoms with E-state index < -0.39 is 17.7 Å². The third kappa shape index (κ3) is 3.97. The van der Waals surface area contributed by atoms with Crippen molar-refractivity contribution in [2.75, 3.05) is 0 Å². The molecule has 2 unspecified atom stereocenters. The second-order valence-corrected chi connectivity index (χ2v) is 6.83. The number of nitrogens with one attached hydrogen (secondary N) is 1. The zero-order valence-corrected chi connectivity index (χ0v) is 13.3. The maximum absolute atomic E-state index is 14.1. The van der Waals surface area contributed by atoms with Crippen LogP contribution in [0.25, 0.3) is 0 Å². The highest BCUT2D eigenvalue weighted by atomic mass is 79.9. The molecule has 3 N–H and O–H groups in total. The van der Waals surface area contributed by atoms with Crippen LogP contribution < -0.4 is 11.3 Å². The number of halogens is 3. The monoisotopic (exact) mass is 334 g/mol. The average molecular weight is 335 g/mol. The van der Waals surface area contributed by atoms with Crippen LogP contribution in [0.15, 0.2) is 16.6 Å². The van der Waals surface area contributed by atoms with E-state index in [9.17, 15) is 8.78 Å². The van der Waals surface area contributed by atoms with Gasteiger partial charge in [-0.3, -0.25) is 11.3 Å². The van der Waals surface area contributed by atoms with Crippen molar-refractivity contribution in [2.45, 2.75) is 40.2 Å². The minimum Gasteiger partial charge on any atom is -0.271 e. The van der Waals surface area contributed by atoms with Gasteiger partial charge in [-0.25, -0.2) is 8.78 Å². The highest BCUT2D eigenvalue weighted by Crippen LogP contribution is 2.35. The quantitative estimate of drug-likeness (QED) is 0.489. The van der Waals surface area contributed by atoms with Gasteiger partial charge in [-0.1, -0.05) is 27.7 Å². The molecule has 0 saturated heterocycles. The first-order valence-electron chi connectivity index (χ1n) is 6.28. The highest BCUT2D eigenvalue weighted by Gasteiger charge is 2.27. The lowest BCUT2D eigenvalue weighted by atomic mass is 9.77. The second-order valence-electron chi connectivity index (χ2n) is 5.98. The van der Waals surface area contributed by atoms with E-state index in [1.165, 1.54) is 12.1 Å². The van der Waals surface area contributed by atoms with Crippen LogP contribution in [0.2, 0.25) is 0 Å². The molecule has 0 aliphatic carbocycles. The van der Waals surface area contributed by atoms with E-state index in [1.54, 1.807) is 0 Å². The molecule has 1 aromatic rings. The Kier molecular flexibility index (Phi) is 5.47.